The van der Waals surface area contributed by atoms with E-state index in [0.29, 0.717) is 16.0 Å². The fourth-order valence-corrected chi connectivity index (χ4v) is 4.99. The monoisotopic (exact) mass is 475 g/mol. The van der Waals surface area contributed by atoms with Crippen molar-refractivity contribution in [2.24, 2.45) is 0 Å². The van der Waals surface area contributed by atoms with Crippen molar-refractivity contribution in [3.8, 4) is 11.4 Å². The van der Waals surface area contributed by atoms with E-state index in [2.05, 4.69) is 27.9 Å². The Hall–Kier alpha value is -3.29. The topological polar surface area (TPSA) is 71.8 Å². The van der Waals surface area contributed by atoms with Crippen molar-refractivity contribution in [2.45, 2.75) is 29.8 Å². The van der Waals surface area contributed by atoms with Crippen LogP contribution in [0.25, 0.3) is 11.4 Å². The van der Waals surface area contributed by atoms with Crippen LogP contribution in [0.15, 0.2) is 84.0 Å². The molecular weight excluding hydrogens is 454 g/mol. The van der Waals surface area contributed by atoms with Crippen molar-refractivity contribution >= 4 is 35.0 Å². The van der Waals surface area contributed by atoms with E-state index in [1.54, 1.807) is 0 Å². The lowest BCUT2D eigenvalue weighted by atomic mass is 10.0. The third-order valence-electron chi connectivity index (χ3n) is 5.59. The lowest BCUT2D eigenvalue weighted by Gasteiger charge is -2.33. The second-order valence-corrected chi connectivity index (χ2v) is 9.29. The normalized spacial score (nSPS) is 17.2. The molecule has 0 fully saturated rings. The molecule has 0 unspecified atom stereocenters. The van der Waals surface area contributed by atoms with E-state index in [-0.39, 0.29) is 11.9 Å². The molecule has 0 radical (unpaired) electrons. The molecule has 3 aromatic carbocycles. The van der Waals surface area contributed by atoms with Crippen molar-refractivity contribution in [3.63, 3.8) is 0 Å². The SMILES string of the molecule is CCc1ccc(NC(=O)[C@H]2Sc3nnc(-c4ccccc4)n3N[C@@H]2c2ccc(Cl)cc2)cc1. The summed E-state index contributed by atoms with van der Waals surface area (Å²) in [5.74, 6) is 0.596. The van der Waals surface area contributed by atoms with Crippen LogP contribution in [0.2, 0.25) is 5.02 Å². The van der Waals surface area contributed by atoms with E-state index in [1.807, 2.05) is 83.5 Å². The molecule has 6 nitrogen and oxygen atoms in total. The summed E-state index contributed by atoms with van der Waals surface area (Å²) in [6.45, 7) is 2.11. The number of carbonyl (C=O) groups excluding carboxylic acids is 1. The van der Waals surface area contributed by atoms with E-state index in [0.717, 1.165) is 23.2 Å². The maximum Gasteiger partial charge on any atom is 0.240 e. The summed E-state index contributed by atoms with van der Waals surface area (Å²) in [5, 5.41) is 12.6. The Morgan fingerprint density at radius 3 is 2.45 bits per heavy atom. The third kappa shape index (κ3) is 4.47. The minimum atomic E-state index is -0.461. The number of amides is 1. The summed E-state index contributed by atoms with van der Waals surface area (Å²) in [7, 11) is 0. The highest BCUT2D eigenvalue weighted by Gasteiger charge is 2.38. The summed E-state index contributed by atoms with van der Waals surface area (Å²) >= 11 is 7.52. The number of hydrogen-bond acceptors (Lipinski definition) is 5. The first-order valence-electron chi connectivity index (χ1n) is 10.7. The van der Waals surface area contributed by atoms with Gasteiger partial charge < -0.3 is 10.7 Å². The van der Waals surface area contributed by atoms with Gasteiger partial charge in [-0.2, -0.15) is 0 Å². The second-order valence-electron chi connectivity index (χ2n) is 7.74. The van der Waals surface area contributed by atoms with Gasteiger partial charge in [0, 0.05) is 16.3 Å². The van der Waals surface area contributed by atoms with Crippen molar-refractivity contribution in [3.05, 3.63) is 95.0 Å². The van der Waals surface area contributed by atoms with Crippen molar-refractivity contribution in [1.82, 2.24) is 14.9 Å². The van der Waals surface area contributed by atoms with Crippen LogP contribution in [0.1, 0.15) is 24.1 Å². The first-order chi connectivity index (χ1) is 16.1. The Balaban J connectivity index is 1.48. The number of aryl methyl sites for hydroxylation is 1. The van der Waals surface area contributed by atoms with Gasteiger partial charge in [-0.15, -0.1) is 10.2 Å². The predicted molar refractivity (Wildman–Crippen MR) is 133 cm³/mol. The molecule has 8 heteroatoms. The predicted octanol–water partition coefficient (Wildman–Crippen LogP) is 5.56. The third-order valence-corrected chi connectivity index (χ3v) is 7.05. The van der Waals surface area contributed by atoms with Gasteiger partial charge in [0.15, 0.2) is 5.82 Å². The number of benzene rings is 3. The zero-order chi connectivity index (χ0) is 22.8. The van der Waals surface area contributed by atoms with Gasteiger partial charge in [-0.3, -0.25) is 4.79 Å². The summed E-state index contributed by atoms with van der Waals surface area (Å²) in [5.41, 5.74) is 7.37. The van der Waals surface area contributed by atoms with Gasteiger partial charge in [0.2, 0.25) is 11.1 Å². The maximum atomic E-state index is 13.4. The minimum absolute atomic E-state index is 0.104. The maximum absolute atomic E-state index is 13.4. The molecule has 1 aliphatic rings. The van der Waals surface area contributed by atoms with Crippen LogP contribution < -0.4 is 10.7 Å². The van der Waals surface area contributed by atoms with Gasteiger partial charge in [0.1, 0.15) is 5.25 Å². The first-order valence-corrected chi connectivity index (χ1v) is 12.0. The van der Waals surface area contributed by atoms with E-state index in [4.69, 9.17) is 11.6 Å². The Labute approximate surface area is 201 Å². The molecule has 1 amide bonds. The number of nitrogens with zero attached hydrogens (tertiary/aromatic N) is 3. The van der Waals surface area contributed by atoms with Crippen LogP contribution in [0.4, 0.5) is 5.69 Å². The minimum Gasteiger partial charge on any atom is -0.325 e. The van der Waals surface area contributed by atoms with Crippen molar-refractivity contribution in [1.29, 1.82) is 0 Å². The summed E-state index contributed by atoms with van der Waals surface area (Å²) in [4.78, 5) is 13.4. The van der Waals surface area contributed by atoms with E-state index in [1.165, 1.54) is 17.3 Å². The molecule has 4 aromatic rings. The molecule has 33 heavy (non-hydrogen) atoms. The Morgan fingerprint density at radius 1 is 1.03 bits per heavy atom. The van der Waals surface area contributed by atoms with Gasteiger partial charge >= 0.3 is 0 Å². The van der Waals surface area contributed by atoms with E-state index < -0.39 is 5.25 Å². The van der Waals surface area contributed by atoms with Crippen LogP contribution in [-0.4, -0.2) is 26.0 Å². The Kier molecular flexibility index (Phi) is 6.07. The zero-order valence-electron chi connectivity index (χ0n) is 17.9. The molecule has 166 valence electrons. The van der Waals surface area contributed by atoms with Crippen LogP contribution in [0.5, 0.6) is 0 Å². The number of nitrogens with one attached hydrogen (secondary N) is 2. The highest BCUT2D eigenvalue weighted by Crippen LogP contribution is 2.39. The molecule has 0 aliphatic carbocycles. The smallest absolute Gasteiger partial charge is 0.240 e. The number of hydrogen-bond donors (Lipinski definition) is 2. The quantitative estimate of drug-likeness (QED) is 0.395. The number of carbonyl (C=O) groups is 1. The van der Waals surface area contributed by atoms with Gasteiger partial charge in [0.25, 0.3) is 0 Å². The molecule has 0 spiro atoms. The molecule has 0 saturated heterocycles. The van der Waals surface area contributed by atoms with E-state index in [9.17, 15) is 4.79 Å². The second kappa shape index (κ2) is 9.29. The number of rotatable bonds is 5. The fraction of sp³-hybridized carbons (Fsp3) is 0.160. The zero-order valence-corrected chi connectivity index (χ0v) is 19.5. The summed E-state index contributed by atoms with van der Waals surface area (Å²) < 4.78 is 1.86. The molecule has 2 N–H and O–H groups in total. The molecule has 1 aromatic heterocycles. The average Bonchev–Trinajstić information content (AvgIpc) is 3.28. The van der Waals surface area contributed by atoms with Gasteiger partial charge in [-0.25, -0.2) is 4.68 Å². The average molecular weight is 476 g/mol. The van der Waals surface area contributed by atoms with Crippen LogP contribution >= 0.6 is 23.4 Å². The molecular formula is C25H22ClN5OS. The van der Waals surface area contributed by atoms with Crippen LogP contribution in [-0.2, 0) is 11.2 Å². The van der Waals surface area contributed by atoms with Gasteiger partial charge in [-0.05, 0) is 41.8 Å². The van der Waals surface area contributed by atoms with Gasteiger partial charge in [-0.1, -0.05) is 84.9 Å². The number of thioether (sulfide) groups is 1. The number of halogens is 1. The lowest BCUT2D eigenvalue weighted by molar-refractivity contribution is -0.116. The Morgan fingerprint density at radius 2 is 1.76 bits per heavy atom. The standard InChI is InChI=1S/C25H22ClN5OS/c1-2-16-8-14-20(15-9-16)27-24(32)22-21(17-10-12-19(26)13-11-17)30-31-23(28-29-25(31)33-22)18-6-4-3-5-7-18/h3-15,21-22,30H,2H2,1H3,(H,27,32)/t21-,22+/m1/s1. The fourth-order valence-electron chi connectivity index (χ4n) is 3.79. The van der Waals surface area contributed by atoms with Crippen LogP contribution in [0, 0.1) is 0 Å². The summed E-state index contributed by atoms with van der Waals surface area (Å²) in [6.07, 6.45) is 0.953. The molecule has 1 aliphatic heterocycles. The molecule has 0 bridgehead atoms. The first kappa shape index (κ1) is 21.6. The van der Waals surface area contributed by atoms with E-state index >= 15 is 0 Å². The largest absolute Gasteiger partial charge is 0.325 e. The molecule has 2 atom stereocenters. The van der Waals surface area contributed by atoms with Gasteiger partial charge in [0.05, 0.1) is 6.04 Å². The summed E-state index contributed by atoms with van der Waals surface area (Å²) in [6, 6.07) is 25.0. The highest BCUT2D eigenvalue weighted by atomic mass is 35.5. The number of anilines is 1. The lowest BCUT2D eigenvalue weighted by Crippen LogP contribution is -2.41. The van der Waals surface area contributed by atoms with Crippen molar-refractivity contribution < 1.29 is 4.79 Å². The number of aromatic nitrogens is 3. The number of fused-ring (bicyclic) bond motifs is 1. The van der Waals surface area contributed by atoms with Crippen molar-refractivity contribution in [2.75, 3.05) is 10.7 Å². The molecule has 5 rings (SSSR count). The molecule has 2 heterocycles. The molecule has 0 saturated carbocycles. The Bertz CT molecular complexity index is 1260. The van der Waals surface area contributed by atoms with Crippen LogP contribution in [0.3, 0.4) is 0 Å². The highest BCUT2D eigenvalue weighted by molar-refractivity contribution is 8.00.